The van der Waals surface area contributed by atoms with Gasteiger partial charge in [-0.3, -0.25) is 4.79 Å². The number of nitrogens with zero attached hydrogens (tertiary/aromatic N) is 4. The SMILES string of the molecule is CCC(C)c1ccc(NC(=O)CSc2nnnn2CC2CCCO2)cc1. The summed E-state index contributed by atoms with van der Waals surface area (Å²) in [5.74, 6) is 0.718. The van der Waals surface area contributed by atoms with Crippen LogP contribution in [0.4, 0.5) is 5.69 Å². The zero-order chi connectivity index (χ0) is 18.4. The summed E-state index contributed by atoms with van der Waals surface area (Å²) in [6, 6.07) is 8.04. The first-order valence-corrected chi connectivity index (χ1v) is 10.0. The average Bonchev–Trinajstić information content (AvgIpc) is 3.32. The molecule has 2 atom stereocenters. The zero-order valence-corrected chi connectivity index (χ0v) is 16.0. The van der Waals surface area contributed by atoms with E-state index in [0.717, 1.165) is 31.6 Å². The van der Waals surface area contributed by atoms with Gasteiger partial charge >= 0.3 is 0 Å². The van der Waals surface area contributed by atoms with Crippen LogP contribution >= 0.6 is 11.8 Å². The number of hydrogen-bond acceptors (Lipinski definition) is 6. The van der Waals surface area contributed by atoms with Gasteiger partial charge in [-0.25, -0.2) is 4.68 Å². The lowest BCUT2D eigenvalue weighted by molar-refractivity contribution is -0.113. The van der Waals surface area contributed by atoms with Gasteiger partial charge in [-0.1, -0.05) is 37.7 Å². The summed E-state index contributed by atoms with van der Waals surface area (Å²) >= 11 is 1.34. The van der Waals surface area contributed by atoms with Crippen molar-refractivity contribution in [2.75, 3.05) is 17.7 Å². The summed E-state index contributed by atoms with van der Waals surface area (Å²) in [7, 11) is 0. The lowest BCUT2D eigenvalue weighted by atomic mass is 9.99. The van der Waals surface area contributed by atoms with E-state index in [9.17, 15) is 4.79 Å². The molecule has 0 aliphatic carbocycles. The standard InChI is InChI=1S/C18H25N5O2S/c1-3-13(2)14-6-8-15(9-7-14)19-17(24)12-26-18-20-21-22-23(18)11-16-5-4-10-25-16/h6-9,13,16H,3-5,10-12H2,1-2H3,(H,19,24). The van der Waals surface area contributed by atoms with E-state index in [4.69, 9.17) is 4.74 Å². The molecule has 3 rings (SSSR count). The summed E-state index contributed by atoms with van der Waals surface area (Å²) in [6.45, 7) is 5.80. The van der Waals surface area contributed by atoms with Gasteiger partial charge in [0, 0.05) is 12.3 Å². The van der Waals surface area contributed by atoms with Crippen LogP contribution in [0, 0.1) is 0 Å². The van der Waals surface area contributed by atoms with E-state index in [1.54, 1.807) is 4.68 Å². The highest BCUT2D eigenvalue weighted by atomic mass is 32.2. The van der Waals surface area contributed by atoms with Crippen molar-refractivity contribution in [2.24, 2.45) is 0 Å². The number of hydrogen-bond donors (Lipinski definition) is 1. The van der Waals surface area contributed by atoms with Crippen molar-refractivity contribution in [1.82, 2.24) is 20.2 Å². The molecule has 1 saturated heterocycles. The van der Waals surface area contributed by atoms with Crippen LogP contribution in [-0.2, 0) is 16.1 Å². The molecule has 0 saturated carbocycles. The Hall–Kier alpha value is -1.93. The van der Waals surface area contributed by atoms with Crippen LogP contribution in [0.1, 0.15) is 44.6 Å². The molecule has 0 spiro atoms. The minimum absolute atomic E-state index is 0.0713. The van der Waals surface area contributed by atoms with Crippen molar-refractivity contribution in [1.29, 1.82) is 0 Å². The molecule has 1 aliphatic heterocycles. The van der Waals surface area contributed by atoms with Gasteiger partial charge in [0.15, 0.2) is 0 Å². The van der Waals surface area contributed by atoms with Gasteiger partial charge in [0.2, 0.25) is 11.1 Å². The van der Waals surface area contributed by atoms with Crippen LogP contribution < -0.4 is 5.32 Å². The molecule has 2 aromatic rings. The van der Waals surface area contributed by atoms with Crippen LogP contribution in [-0.4, -0.2) is 44.6 Å². The van der Waals surface area contributed by atoms with Crippen LogP contribution in [0.3, 0.4) is 0 Å². The number of tetrazole rings is 1. The summed E-state index contributed by atoms with van der Waals surface area (Å²) in [5.41, 5.74) is 2.09. The van der Waals surface area contributed by atoms with E-state index in [1.165, 1.54) is 17.3 Å². The maximum Gasteiger partial charge on any atom is 0.234 e. The summed E-state index contributed by atoms with van der Waals surface area (Å²) in [4.78, 5) is 12.2. The van der Waals surface area contributed by atoms with Crippen molar-refractivity contribution in [3.8, 4) is 0 Å². The first kappa shape index (κ1) is 18.8. The fraction of sp³-hybridized carbons (Fsp3) is 0.556. The smallest absolute Gasteiger partial charge is 0.234 e. The van der Waals surface area contributed by atoms with E-state index < -0.39 is 0 Å². The highest BCUT2D eigenvalue weighted by molar-refractivity contribution is 7.99. The van der Waals surface area contributed by atoms with E-state index in [-0.39, 0.29) is 17.8 Å². The zero-order valence-electron chi connectivity index (χ0n) is 15.2. The molecular weight excluding hydrogens is 350 g/mol. The second-order valence-corrected chi connectivity index (χ2v) is 7.49. The fourth-order valence-electron chi connectivity index (χ4n) is 2.85. The third kappa shape index (κ3) is 5.04. The third-order valence-electron chi connectivity index (χ3n) is 4.61. The van der Waals surface area contributed by atoms with Gasteiger partial charge in [-0.15, -0.1) is 5.10 Å². The second kappa shape index (κ2) is 9.14. The number of aromatic nitrogens is 4. The number of carbonyl (C=O) groups excluding carboxylic acids is 1. The van der Waals surface area contributed by atoms with Gasteiger partial charge < -0.3 is 10.1 Å². The van der Waals surface area contributed by atoms with E-state index in [1.807, 2.05) is 12.1 Å². The van der Waals surface area contributed by atoms with E-state index in [0.29, 0.717) is 17.6 Å². The number of amides is 1. The molecule has 2 heterocycles. The summed E-state index contributed by atoms with van der Waals surface area (Å²) in [5, 5.41) is 15.3. The molecule has 2 unspecified atom stereocenters. The number of benzene rings is 1. The molecule has 1 fully saturated rings. The Labute approximate surface area is 157 Å². The predicted octanol–water partition coefficient (Wildman–Crippen LogP) is 3.10. The van der Waals surface area contributed by atoms with Crippen LogP contribution in [0.2, 0.25) is 0 Å². The normalized spacial score (nSPS) is 18.0. The highest BCUT2D eigenvalue weighted by Gasteiger charge is 2.19. The van der Waals surface area contributed by atoms with Crippen molar-refractivity contribution < 1.29 is 9.53 Å². The van der Waals surface area contributed by atoms with Crippen molar-refractivity contribution >= 4 is 23.4 Å². The minimum Gasteiger partial charge on any atom is -0.376 e. The monoisotopic (exact) mass is 375 g/mol. The molecular formula is C18H25N5O2S. The number of ether oxygens (including phenoxy) is 1. The Morgan fingerprint density at radius 1 is 1.42 bits per heavy atom. The molecule has 1 aliphatic rings. The lowest BCUT2D eigenvalue weighted by Gasteiger charge is -2.11. The molecule has 140 valence electrons. The molecule has 8 heteroatoms. The fourth-order valence-corrected chi connectivity index (χ4v) is 3.54. The predicted molar refractivity (Wildman–Crippen MR) is 101 cm³/mol. The minimum atomic E-state index is -0.0713. The molecule has 26 heavy (non-hydrogen) atoms. The van der Waals surface area contributed by atoms with Gasteiger partial charge in [0.05, 0.1) is 18.4 Å². The van der Waals surface area contributed by atoms with Gasteiger partial charge in [-0.05, 0) is 53.3 Å². The second-order valence-electron chi connectivity index (χ2n) is 6.55. The maximum atomic E-state index is 12.2. The summed E-state index contributed by atoms with van der Waals surface area (Å²) < 4.78 is 7.33. The lowest BCUT2D eigenvalue weighted by Crippen LogP contribution is -2.18. The van der Waals surface area contributed by atoms with Crippen molar-refractivity contribution in [2.45, 2.75) is 56.8 Å². The average molecular weight is 375 g/mol. The molecule has 1 amide bonds. The molecule has 0 bridgehead atoms. The Balaban J connectivity index is 1.49. The van der Waals surface area contributed by atoms with E-state index in [2.05, 4.69) is 46.8 Å². The van der Waals surface area contributed by atoms with Crippen molar-refractivity contribution in [3.63, 3.8) is 0 Å². The highest BCUT2D eigenvalue weighted by Crippen LogP contribution is 2.21. The Kier molecular flexibility index (Phi) is 6.62. The van der Waals surface area contributed by atoms with Crippen molar-refractivity contribution in [3.05, 3.63) is 29.8 Å². The van der Waals surface area contributed by atoms with Crippen LogP contribution in [0.5, 0.6) is 0 Å². The van der Waals surface area contributed by atoms with Gasteiger partial charge in [0.1, 0.15) is 0 Å². The van der Waals surface area contributed by atoms with Crippen LogP contribution in [0.15, 0.2) is 29.4 Å². The number of anilines is 1. The quantitative estimate of drug-likeness (QED) is 0.714. The third-order valence-corrected chi connectivity index (χ3v) is 5.56. The molecule has 1 aromatic carbocycles. The number of carbonyl (C=O) groups is 1. The number of thioether (sulfide) groups is 1. The molecule has 1 N–H and O–H groups in total. The molecule has 1 aromatic heterocycles. The largest absolute Gasteiger partial charge is 0.376 e. The molecule has 0 radical (unpaired) electrons. The number of rotatable bonds is 8. The topological polar surface area (TPSA) is 81.9 Å². The van der Waals surface area contributed by atoms with Gasteiger partial charge in [0.25, 0.3) is 0 Å². The van der Waals surface area contributed by atoms with Crippen LogP contribution in [0.25, 0.3) is 0 Å². The Morgan fingerprint density at radius 3 is 2.92 bits per heavy atom. The van der Waals surface area contributed by atoms with Gasteiger partial charge in [-0.2, -0.15) is 0 Å². The van der Waals surface area contributed by atoms with E-state index >= 15 is 0 Å². The number of nitrogens with one attached hydrogen (secondary N) is 1. The Morgan fingerprint density at radius 2 is 2.23 bits per heavy atom. The first-order chi connectivity index (χ1) is 12.7. The maximum absolute atomic E-state index is 12.2. The summed E-state index contributed by atoms with van der Waals surface area (Å²) in [6.07, 6.45) is 3.36. The Bertz CT molecular complexity index is 713. The first-order valence-electron chi connectivity index (χ1n) is 9.06. The molecule has 7 nitrogen and oxygen atoms in total.